The van der Waals surface area contributed by atoms with Gasteiger partial charge in [0, 0.05) is 25.3 Å². The van der Waals surface area contributed by atoms with Crippen LogP contribution in [0.3, 0.4) is 0 Å². The summed E-state index contributed by atoms with van der Waals surface area (Å²) in [6.07, 6.45) is 0. The van der Waals surface area contributed by atoms with Gasteiger partial charge in [-0.1, -0.05) is 6.92 Å². The van der Waals surface area contributed by atoms with E-state index in [0.29, 0.717) is 0 Å². The SMILES string of the molecule is CCNCCNCc1cc(C)[nH]n1. The van der Waals surface area contributed by atoms with Crippen LogP contribution in [0, 0.1) is 6.92 Å². The number of rotatable bonds is 6. The first kappa shape index (κ1) is 10.2. The number of aromatic amines is 1. The molecule has 1 aromatic heterocycles. The molecular weight excluding hydrogens is 164 g/mol. The maximum Gasteiger partial charge on any atom is 0.0762 e. The topological polar surface area (TPSA) is 52.7 Å². The standard InChI is InChI=1S/C9H18N4/c1-3-10-4-5-11-7-9-6-8(2)12-13-9/h6,10-11H,3-5,7H2,1-2H3,(H,12,13). The summed E-state index contributed by atoms with van der Waals surface area (Å²) in [6, 6.07) is 2.06. The highest BCUT2D eigenvalue weighted by Gasteiger charge is 1.95. The zero-order valence-electron chi connectivity index (χ0n) is 8.35. The third-order valence-corrected chi connectivity index (χ3v) is 1.79. The van der Waals surface area contributed by atoms with E-state index in [1.807, 2.05) is 6.92 Å². The van der Waals surface area contributed by atoms with Gasteiger partial charge < -0.3 is 10.6 Å². The van der Waals surface area contributed by atoms with Gasteiger partial charge in [0.25, 0.3) is 0 Å². The lowest BCUT2D eigenvalue weighted by Crippen LogP contribution is -2.26. The number of aromatic nitrogens is 2. The average Bonchev–Trinajstić information content (AvgIpc) is 2.51. The minimum atomic E-state index is 0.843. The largest absolute Gasteiger partial charge is 0.316 e. The number of nitrogens with zero attached hydrogens (tertiary/aromatic N) is 1. The lowest BCUT2D eigenvalue weighted by Gasteiger charge is -2.02. The van der Waals surface area contributed by atoms with Crippen molar-refractivity contribution in [2.45, 2.75) is 20.4 Å². The fourth-order valence-electron chi connectivity index (χ4n) is 1.14. The van der Waals surface area contributed by atoms with Gasteiger partial charge in [-0.2, -0.15) is 5.10 Å². The highest BCUT2D eigenvalue weighted by atomic mass is 15.1. The molecule has 0 spiro atoms. The van der Waals surface area contributed by atoms with E-state index in [1.54, 1.807) is 0 Å². The molecule has 0 saturated heterocycles. The Morgan fingerprint density at radius 2 is 2.15 bits per heavy atom. The van der Waals surface area contributed by atoms with Crippen molar-refractivity contribution in [2.24, 2.45) is 0 Å². The van der Waals surface area contributed by atoms with Gasteiger partial charge in [-0.3, -0.25) is 5.10 Å². The van der Waals surface area contributed by atoms with E-state index in [-0.39, 0.29) is 0 Å². The van der Waals surface area contributed by atoms with Crippen LogP contribution < -0.4 is 10.6 Å². The van der Waals surface area contributed by atoms with E-state index >= 15 is 0 Å². The van der Waals surface area contributed by atoms with Crippen molar-refractivity contribution in [3.05, 3.63) is 17.5 Å². The molecule has 0 aliphatic heterocycles. The number of H-pyrrole nitrogens is 1. The molecule has 0 aromatic carbocycles. The summed E-state index contributed by atoms with van der Waals surface area (Å²) in [4.78, 5) is 0. The molecule has 0 unspecified atom stereocenters. The average molecular weight is 182 g/mol. The van der Waals surface area contributed by atoms with Crippen LogP contribution in [-0.2, 0) is 6.54 Å². The van der Waals surface area contributed by atoms with Crippen molar-refractivity contribution in [1.29, 1.82) is 0 Å². The minimum absolute atomic E-state index is 0.843. The first-order valence-corrected chi connectivity index (χ1v) is 4.75. The van der Waals surface area contributed by atoms with Crippen LogP contribution in [0.15, 0.2) is 6.07 Å². The molecule has 13 heavy (non-hydrogen) atoms. The van der Waals surface area contributed by atoms with Gasteiger partial charge in [-0.25, -0.2) is 0 Å². The molecule has 0 aliphatic carbocycles. The molecule has 0 bridgehead atoms. The van der Waals surface area contributed by atoms with Crippen LogP contribution in [0.4, 0.5) is 0 Å². The van der Waals surface area contributed by atoms with E-state index < -0.39 is 0 Å². The van der Waals surface area contributed by atoms with Crippen molar-refractivity contribution in [1.82, 2.24) is 20.8 Å². The zero-order chi connectivity index (χ0) is 9.52. The minimum Gasteiger partial charge on any atom is -0.316 e. The van der Waals surface area contributed by atoms with Crippen molar-refractivity contribution in [3.63, 3.8) is 0 Å². The summed E-state index contributed by atoms with van der Waals surface area (Å²) in [5.41, 5.74) is 2.19. The highest BCUT2D eigenvalue weighted by Crippen LogP contribution is 1.95. The number of aryl methyl sites for hydroxylation is 1. The maximum absolute atomic E-state index is 4.13. The molecule has 4 nitrogen and oxygen atoms in total. The molecule has 1 heterocycles. The molecule has 0 atom stereocenters. The molecule has 0 aliphatic rings. The second-order valence-corrected chi connectivity index (χ2v) is 3.07. The summed E-state index contributed by atoms with van der Waals surface area (Å²) < 4.78 is 0. The summed E-state index contributed by atoms with van der Waals surface area (Å²) in [5, 5.41) is 13.6. The number of nitrogens with one attached hydrogen (secondary N) is 3. The smallest absolute Gasteiger partial charge is 0.0762 e. The first-order valence-electron chi connectivity index (χ1n) is 4.75. The lowest BCUT2D eigenvalue weighted by molar-refractivity contribution is 0.618. The van der Waals surface area contributed by atoms with Crippen molar-refractivity contribution >= 4 is 0 Å². The third kappa shape index (κ3) is 4.05. The van der Waals surface area contributed by atoms with Crippen molar-refractivity contribution in [3.8, 4) is 0 Å². The number of likely N-dealkylation sites (N-methyl/N-ethyl adjacent to an activating group) is 1. The summed E-state index contributed by atoms with van der Waals surface area (Å²) in [5.74, 6) is 0. The van der Waals surface area contributed by atoms with Crippen LogP contribution in [0.5, 0.6) is 0 Å². The monoisotopic (exact) mass is 182 g/mol. The number of hydrogen-bond donors (Lipinski definition) is 3. The van der Waals surface area contributed by atoms with E-state index in [2.05, 4.69) is 33.8 Å². The van der Waals surface area contributed by atoms with E-state index in [4.69, 9.17) is 0 Å². The van der Waals surface area contributed by atoms with Gasteiger partial charge in [-0.15, -0.1) is 0 Å². The Morgan fingerprint density at radius 3 is 2.77 bits per heavy atom. The van der Waals surface area contributed by atoms with Gasteiger partial charge in [-0.05, 0) is 19.5 Å². The predicted octanol–water partition coefficient (Wildman–Crippen LogP) is 0.417. The molecule has 4 heteroatoms. The Hall–Kier alpha value is -0.870. The zero-order valence-corrected chi connectivity index (χ0v) is 8.35. The molecule has 0 saturated carbocycles. The van der Waals surface area contributed by atoms with Gasteiger partial charge in [0.15, 0.2) is 0 Å². The normalized spacial score (nSPS) is 10.6. The molecule has 0 radical (unpaired) electrons. The van der Waals surface area contributed by atoms with Gasteiger partial charge in [0.2, 0.25) is 0 Å². The molecule has 1 rings (SSSR count). The fraction of sp³-hybridized carbons (Fsp3) is 0.667. The Kier molecular flexibility index (Phi) is 4.49. The van der Waals surface area contributed by atoms with Crippen LogP contribution in [0.25, 0.3) is 0 Å². The lowest BCUT2D eigenvalue weighted by atomic mass is 10.4. The Morgan fingerprint density at radius 1 is 1.38 bits per heavy atom. The van der Waals surface area contributed by atoms with Gasteiger partial charge in [0.1, 0.15) is 0 Å². The summed E-state index contributed by atoms with van der Waals surface area (Å²) in [7, 11) is 0. The Bertz CT molecular complexity index is 231. The summed E-state index contributed by atoms with van der Waals surface area (Å²) >= 11 is 0. The summed E-state index contributed by atoms with van der Waals surface area (Å²) in [6.45, 7) is 7.99. The number of hydrogen-bond acceptors (Lipinski definition) is 3. The second kappa shape index (κ2) is 5.72. The molecule has 1 aromatic rings. The Balaban J connectivity index is 2.06. The van der Waals surface area contributed by atoms with E-state index in [9.17, 15) is 0 Å². The molecule has 0 amide bonds. The predicted molar refractivity (Wildman–Crippen MR) is 53.6 cm³/mol. The molecule has 74 valence electrons. The quantitative estimate of drug-likeness (QED) is 0.559. The molecule has 3 N–H and O–H groups in total. The van der Waals surface area contributed by atoms with Crippen LogP contribution in [0.2, 0.25) is 0 Å². The highest BCUT2D eigenvalue weighted by molar-refractivity contribution is 5.05. The Labute approximate surface area is 79.1 Å². The van der Waals surface area contributed by atoms with E-state index in [1.165, 1.54) is 0 Å². The fourth-order valence-corrected chi connectivity index (χ4v) is 1.14. The van der Waals surface area contributed by atoms with Crippen LogP contribution in [-0.4, -0.2) is 29.8 Å². The third-order valence-electron chi connectivity index (χ3n) is 1.79. The van der Waals surface area contributed by atoms with Crippen molar-refractivity contribution in [2.75, 3.05) is 19.6 Å². The van der Waals surface area contributed by atoms with Crippen LogP contribution >= 0.6 is 0 Å². The maximum atomic E-state index is 4.13. The van der Waals surface area contributed by atoms with Crippen molar-refractivity contribution < 1.29 is 0 Å². The van der Waals surface area contributed by atoms with Crippen LogP contribution in [0.1, 0.15) is 18.3 Å². The second-order valence-electron chi connectivity index (χ2n) is 3.07. The van der Waals surface area contributed by atoms with Gasteiger partial charge >= 0.3 is 0 Å². The molecular formula is C9H18N4. The van der Waals surface area contributed by atoms with Gasteiger partial charge in [0.05, 0.1) is 5.69 Å². The van der Waals surface area contributed by atoms with E-state index in [0.717, 1.165) is 37.6 Å². The first-order chi connectivity index (χ1) is 6.33. The molecule has 0 fully saturated rings.